The summed E-state index contributed by atoms with van der Waals surface area (Å²) in [5, 5.41) is 11.2. The van der Waals surface area contributed by atoms with E-state index in [9.17, 15) is 0 Å². The predicted octanol–water partition coefficient (Wildman–Crippen LogP) is 3.72. The van der Waals surface area contributed by atoms with Crippen molar-refractivity contribution < 1.29 is 4.74 Å². The highest BCUT2D eigenvalue weighted by molar-refractivity contribution is 14.0. The Hall–Kier alpha value is -2.55. The van der Waals surface area contributed by atoms with Crippen molar-refractivity contribution in [1.82, 2.24) is 20.4 Å². The lowest BCUT2D eigenvalue weighted by Crippen LogP contribution is -2.38. The van der Waals surface area contributed by atoms with Gasteiger partial charge in [-0.15, -0.1) is 24.0 Å². The lowest BCUT2D eigenvalue weighted by molar-refractivity contribution is 0.411. The topological polar surface area (TPSA) is 63.5 Å². The third kappa shape index (κ3) is 6.49. The van der Waals surface area contributed by atoms with Gasteiger partial charge in [0, 0.05) is 19.8 Å². The first kappa shape index (κ1) is 22.7. The second kappa shape index (κ2) is 11.5. The molecule has 154 valence electrons. The van der Waals surface area contributed by atoms with Crippen LogP contribution in [0.5, 0.6) is 5.75 Å². The number of rotatable bonds is 7. The summed E-state index contributed by atoms with van der Waals surface area (Å²) in [7, 11) is 3.47. The maximum atomic E-state index is 5.39. The lowest BCUT2D eigenvalue weighted by Gasteiger charge is -2.12. The van der Waals surface area contributed by atoms with Crippen LogP contribution < -0.4 is 15.4 Å². The zero-order chi connectivity index (χ0) is 19.8. The van der Waals surface area contributed by atoms with Crippen molar-refractivity contribution in [1.29, 1.82) is 0 Å². The number of halogens is 1. The Kier molecular flexibility index (Phi) is 8.98. The second-order valence-electron chi connectivity index (χ2n) is 6.49. The van der Waals surface area contributed by atoms with E-state index in [0.717, 1.165) is 41.6 Å². The summed E-state index contributed by atoms with van der Waals surface area (Å²) < 4.78 is 7.26. The zero-order valence-electron chi connectivity index (χ0n) is 17.1. The number of nitrogens with one attached hydrogen (secondary N) is 2. The molecule has 0 aliphatic rings. The van der Waals surface area contributed by atoms with Gasteiger partial charge in [-0.2, -0.15) is 5.10 Å². The molecule has 0 saturated heterocycles. The Labute approximate surface area is 189 Å². The average Bonchev–Trinajstić information content (AvgIpc) is 3.21. The van der Waals surface area contributed by atoms with Crippen molar-refractivity contribution in [3.63, 3.8) is 0 Å². The molecule has 7 heteroatoms. The summed E-state index contributed by atoms with van der Waals surface area (Å²) in [5.41, 5.74) is 4.37. The highest BCUT2D eigenvalue weighted by Gasteiger charge is 2.04. The molecule has 0 aliphatic carbocycles. The molecule has 3 aromatic rings. The summed E-state index contributed by atoms with van der Waals surface area (Å²) in [5.74, 6) is 1.68. The number of para-hydroxylation sites is 1. The van der Waals surface area contributed by atoms with Crippen molar-refractivity contribution in [2.45, 2.75) is 19.9 Å². The molecule has 0 bridgehead atoms. The molecule has 0 atom stereocenters. The van der Waals surface area contributed by atoms with Crippen molar-refractivity contribution >= 4 is 29.9 Å². The molecule has 0 aliphatic heterocycles. The molecule has 0 unspecified atom stereocenters. The average molecular weight is 505 g/mol. The second-order valence-corrected chi connectivity index (χ2v) is 6.49. The fraction of sp³-hybridized carbons (Fsp3) is 0.273. The van der Waals surface area contributed by atoms with Crippen LogP contribution in [0, 0.1) is 6.92 Å². The first-order valence-electron chi connectivity index (χ1n) is 9.37. The Morgan fingerprint density at radius 2 is 1.90 bits per heavy atom. The fourth-order valence-electron chi connectivity index (χ4n) is 2.92. The van der Waals surface area contributed by atoms with Gasteiger partial charge in [0.05, 0.1) is 25.0 Å². The first-order chi connectivity index (χ1) is 13.7. The zero-order valence-corrected chi connectivity index (χ0v) is 19.4. The van der Waals surface area contributed by atoms with Crippen LogP contribution in [0.15, 0.2) is 65.8 Å². The van der Waals surface area contributed by atoms with Gasteiger partial charge in [0.15, 0.2) is 5.96 Å². The molecule has 3 rings (SSSR count). The van der Waals surface area contributed by atoms with Crippen molar-refractivity contribution in [2.24, 2.45) is 4.99 Å². The van der Waals surface area contributed by atoms with Gasteiger partial charge in [0.25, 0.3) is 0 Å². The third-order valence-electron chi connectivity index (χ3n) is 4.50. The largest absolute Gasteiger partial charge is 0.496 e. The van der Waals surface area contributed by atoms with Crippen molar-refractivity contribution in [3.8, 4) is 11.4 Å². The van der Waals surface area contributed by atoms with Crippen molar-refractivity contribution in [3.05, 3.63) is 77.6 Å². The minimum atomic E-state index is 0. The van der Waals surface area contributed by atoms with Crippen LogP contribution >= 0.6 is 24.0 Å². The maximum absolute atomic E-state index is 5.39. The van der Waals surface area contributed by atoms with E-state index >= 15 is 0 Å². The number of benzene rings is 2. The van der Waals surface area contributed by atoms with E-state index in [4.69, 9.17) is 4.74 Å². The number of aryl methyl sites for hydroxylation is 1. The van der Waals surface area contributed by atoms with Crippen LogP contribution in [0.2, 0.25) is 0 Å². The molecule has 1 heterocycles. The third-order valence-corrected chi connectivity index (χ3v) is 4.50. The molecular weight excluding hydrogens is 477 g/mol. The molecule has 0 spiro atoms. The number of methoxy groups -OCH3 is 1. The molecule has 0 saturated carbocycles. The lowest BCUT2D eigenvalue weighted by atomic mass is 10.1. The molecule has 2 aromatic carbocycles. The molecule has 1 aromatic heterocycles. The minimum absolute atomic E-state index is 0. The molecule has 6 nitrogen and oxygen atoms in total. The number of ether oxygens (including phenoxy) is 1. The SMILES string of the molecule is CN=C(NCCc1ccc(C)c(OC)c1)NCc1ccn(-c2ccccc2)n1.I. The number of guanidine groups is 1. The van der Waals surface area contributed by atoms with Crippen molar-refractivity contribution in [2.75, 3.05) is 20.7 Å². The molecular formula is C22H28IN5O. The Morgan fingerprint density at radius 1 is 1.10 bits per heavy atom. The molecule has 0 radical (unpaired) electrons. The number of aliphatic imine (C=N–C) groups is 1. The fourth-order valence-corrected chi connectivity index (χ4v) is 2.92. The van der Waals surface area contributed by atoms with E-state index in [2.05, 4.69) is 38.9 Å². The van der Waals surface area contributed by atoms with E-state index < -0.39 is 0 Å². The minimum Gasteiger partial charge on any atom is -0.496 e. The van der Waals surface area contributed by atoms with Crippen LogP contribution in [0.4, 0.5) is 0 Å². The summed E-state index contributed by atoms with van der Waals surface area (Å²) in [6, 6.07) is 18.4. The van der Waals surface area contributed by atoms with Crippen LogP contribution in [-0.2, 0) is 13.0 Å². The van der Waals surface area contributed by atoms with Crippen LogP contribution in [0.1, 0.15) is 16.8 Å². The Morgan fingerprint density at radius 3 is 2.62 bits per heavy atom. The highest BCUT2D eigenvalue weighted by atomic mass is 127. The molecule has 29 heavy (non-hydrogen) atoms. The number of aromatic nitrogens is 2. The molecule has 2 N–H and O–H groups in total. The highest BCUT2D eigenvalue weighted by Crippen LogP contribution is 2.19. The summed E-state index contributed by atoms with van der Waals surface area (Å²) in [4.78, 5) is 4.28. The Bertz CT molecular complexity index is 924. The van der Waals surface area contributed by atoms with E-state index in [1.54, 1.807) is 14.2 Å². The predicted molar refractivity (Wildman–Crippen MR) is 129 cm³/mol. The van der Waals surface area contributed by atoms with Gasteiger partial charge < -0.3 is 15.4 Å². The summed E-state index contributed by atoms with van der Waals surface area (Å²) >= 11 is 0. The van der Waals surface area contributed by atoms with Gasteiger partial charge in [-0.25, -0.2) is 4.68 Å². The quantitative estimate of drug-likeness (QED) is 0.292. The van der Waals surface area contributed by atoms with Crippen LogP contribution in [-0.4, -0.2) is 36.4 Å². The molecule has 0 fully saturated rings. The monoisotopic (exact) mass is 505 g/mol. The van der Waals surface area contributed by atoms with Gasteiger partial charge in [-0.3, -0.25) is 4.99 Å². The number of hydrogen-bond donors (Lipinski definition) is 2. The van der Waals surface area contributed by atoms with E-state index in [-0.39, 0.29) is 24.0 Å². The maximum Gasteiger partial charge on any atom is 0.191 e. The summed E-state index contributed by atoms with van der Waals surface area (Å²) in [6.07, 6.45) is 2.85. The molecule has 0 amide bonds. The van der Waals surface area contributed by atoms with Gasteiger partial charge in [-0.1, -0.05) is 30.3 Å². The van der Waals surface area contributed by atoms with Crippen LogP contribution in [0.25, 0.3) is 5.69 Å². The van der Waals surface area contributed by atoms with E-state index in [1.165, 1.54) is 5.56 Å². The normalized spacial score (nSPS) is 10.9. The number of hydrogen-bond acceptors (Lipinski definition) is 3. The van der Waals surface area contributed by atoms with Crippen LogP contribution in [0.3, 0.4) is 0 Å². The summed E-state index contributed by atoms with van der Waals surface area (Å²) in [6.45, 7) is 3.44. The standard InChI is InChI=1S/C22H27N5O.HI/c1-17-9-10-18(15-21(17)28-3)11-13-24-22(23-2)25-16-19-12-14-27(26-19)20-7-5-4-6-8-20;/h4-10,12,14-15H,11,13,16H2,1-3H3,(H2,23,24,25);1H. The van der Waals surface area contributed by atoms with Gasteiger partial charge in [0.2, 0.25) is 0 Å². The first-order valence-corrected chi connectivity index (χ1v) is 9.37. The smallest absolute Gasteiger partial charge is 0.191 e. The van der Waals surface area contributed by atoms with E-state index in [1.807, 2.05) is 54.2 Å². The van der Waals surface area contributed by atoms with E-state index in [0.29, 0.717) is 6.54 Å². The van der Waals surface area contributed by atoms with Gasteiger partial charge in [-0.05, 0) is 48.7 Å². The van der Waals surface area contributed by atoms with Gasteiger partial charge >= 0.3 is 0 Å². The van der Waals surface area contributed by atoms with Gasteiger partial charge in [0.1, 0.15) is 5.75 Å². The Balaban J connectivity index is 0.00000300. The number of nitrogens with zero attached hydrogens (tertiary/aromatic N) is 3.